The molecule has 0 aliphatic heterocycles. The lowest BCUT2D eigenvalue weighted by atomic mass is 10.0. The van der Waals surface area contributed by atoms with Gasteiger partial charge in [0, 0.05) is 6.42 Å². The molecule has 0 heterocycles. The smallest absolute Gasteiger partial charge is 0.240 e. The van der Waals surface area contributed by atoms with Gasteiger partial charge in [-0.3, -0.25) is 9.59 Å². The Kier molecular flexibility index (Phi) is 7.04. The molecule has 0 saturated carbocycles. The quantitative estimate of drug-likeness (QED) is 0.538. The van der Waals surface area contributed by atoms with Crippen molar-refractivity contribution in [2.45, 2.75) is 24.9 Å². The van der Waals surface area contributed by atoms with Gasteiger partial charge in [-0.15, -0.1) is 0 Å². The van der Waals surface area contributed by atoms with E-state index in [1.807, 2.05) is 6.26 Å². The molecule has 1 rings (SSSR count). The summed E-state index contributed by atoms with van der Waals surface area (Å²) in [6.07, 6.45) is 2.73. The number of carbonyl (C=O) groups excluding carboxylic acids is 2. The van der Waals surface area contributed by atoms with Crippen molar-refractivity contribution in [3.8, 4) is 5.75 Å². The number of nitrogens with one attached hydrogen (secondary N) is 1. The number of aromatic hydroxyl groups is 1. The van der Waals surface area contributed by atoms with Gasteiger partial charge in [0.15, 0.2) is 0 Å². The summed E-state index contributed by atoms with van der Waals surface area (Å²) in [5.41, 5.74) is 11.9. The van der Waals surface area contributed by atoms with E-state index >= 15 is 0 Å². The van der Waals surface area contributed by atoms with Gasteiger partial charge < -0.3 is 21.9 Å². The number of hydrogen-bond donors (Lipinski definition) is 4. The van der Waals surface area contributed by atoms with Crippen LogP contribution in [0.4, 0.5) is 0 Å². The molecule has 0 saturated heterocycles. The monoisotopic (exact) mass is 311 g/mol. The molecular weight excluding hydrogens is 290 g/mol. The largest absolute Gasteiger partial charge is 0.508 e. The highest BCUT2D eigenvalue weighted by Crippen LogP contribution is 2.11. The van der Waals surface area contributed by atoms with Gasteiger partial charge in [0.25, 0.3) is 0 Å². The highest BCUT2D eigenvalue weighted by atomic mass is 32.2. The van der Waals surface area contributed by atoms with Crippen molar-refractivity contribution in [1.82, 2.24) is 5.32 Å². The Balaban J connectivity index is 2.63. The normalized spacial score (nSPS) is 13.4. The average molecular weight is 311 g/mol. The lowest BCUT2D eigenvalue weighted by Gasteiger charge is -2.18. The van der Waals surface area contributed by atoms with Crippen molar-refractivity contribution >= 4 is 23.6 Å². The lowest BCUT2D eigenvalue weighted by Crippen LogP contribution is -2.51. The highest BCUT2D eigenvalue weighted by Gasteiger charge is 2.22. The van der Waals surface area contributed by atoms with Gasteiger partial charge >= 0.3 is 0 Å². The van der Waals surface area contributed by atoms with Gasteiger partial charge in [0.1, 0.15) is 11.8 Å². The Labute approximate surface area is 128 Å². The van der Waals surface area contributed by atoms with Gasteiger partial charge in [-0.05, 0) is 36.1 Å². The zero-order valence-corrected chi connectivity index (χ0v) is 12.7. The van der Waals surface area contributed by atoms with Crippen LogP contribution in [-0.2, 0) is 16.0 Å². The highest BCUT2D eigenvalue weighted by molar-refractivity contribution is 7.98. The van der Waals surface area contributed by atoms with E-state index in [1.165, 1.54) is 12.1 Å². The second-order valence-electron chi connectivity index (χ2n) is 4.72. The second-order valence-corrected chi connectivity index (χ2v) is 5.71. The maximum Gasteiger partial charge on any atom is 0.240 e. The first-order valence-corrected chi connectivity index (χ1v) is 7.95. The van der Waals surface area contributed by atoms with Crippen LogP contribution >= 0.6 is 11.8 Å². The maximum atomic E-state index is 11.9. The standard InChI is InChI=1S/C14H21N3O3S/c1-21-7-6-11(15)14(20)17-12(13(16)19)8-9-2-4-10(18)5-3-9/h2-5,11-12,18H,6-8,15H2,1H3,(H2,16,19)(H,17,20)/t11-,12-/m0/s1. The van der Waals surface area contributed by atoms with Crippen LogP contribution < -0.4 is 16.8 Å². The first-order chi connectivity index (χ1) is 9.93. The SMILES string of the molecule is CSCC[C@H](N)C(=O)N[C@@H](Cc1ccc(O)cc1)C(N)=O. The Hall–Kier alpha value is -1.73. The summed E-state index contributed by atoms with van der Waals surface area (Å²) < 4.78 is 0. The molecule has 0 aliphatic rings. The molecule has 2 atom stereocenters. The summed E-state index contributed by atoms with van der Waals surface area (Å²) in [5, 5.41) is 11.8. The fourth-order valence-corrected chi connectivity index (χ4v) is 2.23. The zero-order valence-electron chi connectivity index (χ0n) is 11.9. The topological polar surface area (TPSA) is 118 Å². The Bertz CT molecular complexity index is 479. The summed E-state index contributed by atoms with van der Waals surface area (Å²) in [6.45, 7) is 0. The van der Waals surface area contributed by atoms with E-state index in [1.54, 1.807) is 23.9 Å². The fourth-order valence-electron chi connectivity index (χ4n) is 1.75. The number of benzene rings is 1. The van der Waals surface area contributed by atoms with Crippen molar-refractivity contribution in [2.75, 3.05) is 12.0 Å². The number of thioether (sulfide) groups is 1. The molecule has 21 heavy (non-hydrogen) atoms. The van der Waals surface area contributed by atoms with Gasteiger partial charge in [0.2, 0.25) is 11.8 Å². The summed E-state index contributed by atoms with van der Waals surface area (Å²) in [4.78, 5) is 23.4. The molecule has 0 spiro atoms. The van der Waals surface area contributed by atoms with Gasteiger partial charge in [-0.2, -0.15) is 11.8 Å². The minimum atomic E-state index is -0.817. The molecule has 0 fully saturated rings. The third-order valence-corrected chi connectivity index (χ3v) is 3.65. The molecule has 116 valence electrons. The predicted octanol–water partition coefficient (Wildman–Crippen LogP) is -0.0148. The number of primary amides is 1. The van der Waals surface area contributed by atoms with Crippen LogP contribution in [0.1, 0.15) is 12.0 Å². The van der Waals surface area contributed by atoms with Crippen LogP contribution in [0.25, 0.3) is 0 Å². The minimum Gasteiger partial charge on any atom is -0.508 e. The van der Waals surface area contributed by atoms with Crippen LogP contribution in [0.3, 0.4) is 0 Å². The molecule has 1 aromatic rings. The predicted molar refractivity (Wildman–Crippen MR) is 83.9 cm³/mol. The number of rotatable bonds is 8. The van der Waals surface area contributed by atoms with Gasteiger partial charge in [-0.1, -0.05) is 12.1 Å². The van der Waals surface area contributed by atoms with Crippen LogP contribution in [0.5, 0.6) is 5.75 Å². The van der Waals surface area contributed by atoms with E-state index in [4.69, 9.17) is 11.5 Å². The summed E-state index contributed by atoms with van der Waals surface area (Å²) >= 11 is 1.60. The Morgan fingerprint density at radius 2 is 1.95 bits per heavy atom. The number of phenols is 1. The van der Waals surface area contributed by atoms with E-state index in [9.17, 15) is 14.7 Å². The Morgan fingerprint density at radius 1 is 1.33 bits per heavy atom. The average Bonchev–Trinajstić information content (AvgIpc) is 2.45. The summed E-state index contributed by atoms with van der Waals surface area (Å²) in [5.74, 6) is -0.0917. The molecule has 1 aromatic carbocycles. The Morgan fingerprint density at radius 3 is 2.48 bits per heavy atom. The molecule has 0 bridgehead atoms. The number of phenolic OH excluding ortho intramolecular Hbond substituents is 1. The number of hydrogen-bond acceptors (Lipinski definition) is 5. The molecular formula is C14H21N3O3S. The third-order valence-electron chi connectivity index (χ3n) is 3.01. The zero-order chi connectivity index (χ0) is 15.8. The molecule has 2 amide bonds. The molecule has 6 nitrogen and oxygen atoms in total. The van der Waals surface area contributed by atoms with Crippen LogP contribution in [0, 0.1) is 0 Å². The molecule has 6 N–H and O–H groups in total. The minimum absolute atomic E-state index is 0.137. The van der Waals surface area contributed by atoms with E-state index in [-0.39, 0.29) is 18.1 Å². The molecule has 0 radical (unpaired) electrons. The van der Waals surface area contributed by atoms with Gasteiger partial charge in [0.05, 0.1) is 6.04 Å². The van der Waals surface area contributed by atoms with Crippen molar-refractivity contribution in [3.63, 3.8) is 0 Å². The number of amides is 2. The van der Waals surface area contributed by atoms with Gasteiger partial charge in [-0.25, -0.2) is 0 Å². The van der Waals surface area contributed by atoms with E-state index in [0.717, 1.165) is 11.3 Å². The first-order valence-electron chi connectivity index (χ1n) is 6.56. The summed E-state index contributed by atoms with van der Waals surface area (Å²) in [6, 6.07) is 4.90. The van der Waals surface area contributed by atoms with Crippen LogP contribution in [0.2, 0.25) is 0 Å². The maximum absolute atomic E-state index is 11.9. The fraction of sp³-hybridized carbons (Fsp3) is 0.429. The summed E-state index contributed by atoms with van der Waals surface area (Å²) in [7, 11) is 0. The van der Waals surface area contributed by atoms with Crippen molar-refractivity contribution in [1.29, 1.82) is 0 Å². The van der Waals surface area contributed by atoms with Crippen molar-refractivity contribution < 1.29 is 14.7 Å². The molecule has 0 aliphatic carbocycles. The van der Waals surface area contributed by atoms with Crippen molar-refractivity contribution in [2.24, 2.45) is 11.5 Å². The van der Waals surface area contributed by atoms with E-state index in [2.05, 4.69) is 5.32 Å². The molecule has 0 aromatic heterocycles. The van der Waals surface area contributed by atoms with Crippen molar-refractivity contribution in [3.05, 3.63) is 29.8 Å². The van der Waals surface area contributed by atoms with Crippen LogP contribution in [-0.4, -0.2) is 41.0 Å². The first kappa shape index (κ1) is 17.3. The van der Waals surface area contributed by atoms with E-state index in [0.29, 0.717) is 6.42 Å². The molecule has 7 heteroatoms. The van der Waals surface area contributed by atoms with E-state index < -0.39 is 18.0 Å². The number of nitrogens with two attached hydrogens (primary N) is 2. The molecule has 0 unspecified atom stereocenters. The van der Waals surface area contributed by atoms with Crippen LogP contribution in [0.15, 0.2) is 24.3 Å². The number of carbonyl (C=O) groups is 2. The second kappa shape index (κ2) is 8.53. The lowest BCUT2D eigenvalue weighted by molar-refractivity contribution is -0.128. The third kappa shape index (κ3) is 6.05.